The number of nitrogens with one attached hydrogen (secondary N) is 1. The second-order valence-electron chi connectivity index (χ2n) is 7.45. The lowest BCUT2D eigenvalue weighted by molar-refractivity contribution is -0.133. The van der Waals surface area contributed by atoms with Crippen LogP contribution in [0.2, 0.25) is 0 Å². The number of amides is 2. The fraction of sp³-hybridized carbons (Fsp3) is 0.619. The van der Waals surface area contributed by atoms with Crippen LogP contribution in [0, 0.1) is 5.92 Å². The summed E-state index contributed by atoms with van der Waals surface area (Å²) in [6.45, 7) is 8.40. The molecule has 26 heavy (non-hydrogen) atoms. The van der Waals surface area contributed by atoms with Crippen LogP contribution in [0.1, 0.15) is 63.2 Å². The highest BCUT2D eigenvalue weighted by molar-refractivity contribution is 5.94. The summed E-state index contributed by atoms with van der Waals surface area (Å²) in [6.07, 6.45) is 4.36. The lowest BCUT2D eigenvalue weighted by Gasteiger charge is -2.32. The van der Waals surface area contributed by atoms with E-state index in [1.165, 1.54) is 0 Å². The summed E-state index contributed by atoms with van der Waals surface area (Å²) in [4.78, 5) is 26.4. The zero-order chi connectivity index (χ0) is 18.9. The van der Waals surface area contributed by atoms with Crippen molar-refractivity contribution in [1.82, 2.24) is 10.2 Å². The van der Waals surface area contributed by atoms with Gasteiger partial charge >= 0.3 is 0 Å². The summed E-state index contributed by atoms with van der Waals surface area (Å²) in [6, 6.07) is 7.43. The van der Waals surface area contributed by atoms with E-state index in [0.29, 0.717) is 24.5 Å². The van der Waals surface area contributed by atoms with Crippen LogP contribution in [0.4, 0.5) is 0 Å². The maximum absolute atomic E-state index is 12.4. The molecule has 1 saturated heterocycles. The van der Waals surface area contributed by atoms with Gasteiger partial charge in [-0.25, -0.2) is 0 Å². The van der Waals surface area contributed by atoms with E-state index in [2.05, 4.69) is 26.1 Å². The molecule has 1 aromatic rings. The molecule has 5 heteroatoms. The molecule has 2 rings (SSSR count). The van der Waals surface area contributed by atoms with Crippen LogP contribution >= 0.6 is 0 Å². The van der Waals surface area contributed by atoms with E-state index in [4.69, 9.17) is 4.74 Å². The number of ether oxygens (including phenoxy) is 1. The van der Waals surface area contributed by atoms with Gasteiger partial charge in [-0.1, -0.05) is 27.2 Å². The second kappa shape index (κ2) is 10.2. The second-order valence-corrected chi connectivity index (χ2v) is 7.45. The molecule has 5 nitrogen and oxygen atoms in total. The summed E-state index contributed by atoms with van der Waals surface area (Å²) in [5.74, 6) is 1.35. The molecule has 1 aromatic carbocycles. The molecule has 2 amide bonds. The lowest BCUT2D eigenvalue weighted by Crippen LogP contribution is -2.46. The Kier molecular flexibility index (Phi) is 7.95. The minimum atomic E-state index is -0.0583. The Morgan fingerprint density at radius 3 is 2.42 bits per heavy atom. The van der Waals surface area contributed by atoms with Gasteiger partial charge in [0.2, 0.25) is 5.91 Å². The summed E-state index contributed by atoms with van der Waals surface area (Å²) in [5, 5.41) is 3.09. The number of nitrogens with zero attached hydrogens (tertiary/aromatic N) is 1. The highest BCUT2D eigenvalue weighted by atomic mass is 16.5. The lowest BCUT2D eigenvalue weighted by atomic mass is 10.0. The Morgan fingerprint density at radius 2 is 1.85 bits per heavy atom. The number of piperidine rings is 1. The minimum absolute atomic E-state index is 0.0583. The van der Waals surface area contributed by atoms with Gasteiger partial charge in [0, 0.05) is 31.1 Å². The first-order chi connectivity index (χ1) is 12.5. The highest BCUT2D eigenvalue weighted by Gasteiger charge is 2.24. The first kappa shape index (κ1) is 20.3. The van der Waals surface area contributed by atoms with Crippen molar-refractivity contribution in [1.29, 1.82) is 0 Å². The largest absolute Gasteiger partial charge is 0.494 e. The number of hydrogen-bond donors (Lipinski definition) is 1. The zero-order valence-corrected chi connectivity index (χ0v) is 16.3. The molecule has 0 atom stereocenters. The molecule has 1 fully saturated rings. The van der Waals surface area contributed by atoms with Crippen molar-refractivity contribution in [3.8, 4) is 5.75 Å². The molecule has 0 spiro atoms. The number of rotatable bonds is 8. The van der Waals surface area contributed by atoms with Gasteiger partial charge in [0.05, 0.1) is 6.61 Å². The van der Waals surface area contributed by atoms with E-state index in [9.17, 15) is 9.59 Å². The summed E-state index contributed by atoms with van der Waals surface area (Å²) >= 11 is 0. The van der Waals surface area contributed by atoms with Gasteiger partial charge in [-0.2, -0.15) is 0 Å². The van der Waals surface area contributed by atoms with Gasteiger partial charge in [-0.15, -0.1) is 0 Å². The van der Waals surface area contributed by atoms with Crippen LogP contribution in [-0.4, -0.2) is 42.5 Å². The molecule has 0 radical (unpaired) electrons. The van der Waals surface area contributed by atoms with Crippen molar-refractivity contribution in [2.75, 3.05) is 19.7 Å². The topological polar surface area (TPSA) is 58.6 Å². The quantitative estimate of drug-likeness (QED) is 0.720. The Morgan fingerprint density at radius 1 is 1.19 bits per heavy atom. The molecule has 0 aromatic heterocycles. The number of carbonyl (C=O) groups excluding carboxylic acids is 2. The highest BCUT2D eigenvalue weighted by Crippen LogP contribution is 2.16. The fourth-order valence-electron chi connectivity index (χ4n) is 3.06. The fourth-order valence-corrected chi connectivity index (χ4v) is 3.06. The van der Waals surface area contributed by atoms with Gasteiger partial charge in [-0.3, -0.25) is 9.59 Å². The number of hydrogen-bond acceptors (Lipinski definition) is 3. The Bertz CT molecular complexity index is 575. The smallest absolute Gasteiger partial charge is 0.251 e. The standard InChI is InChI=1S/C21H32N2O3/c1-4-5-14-26-19-8-6-17(7-9-19)21(25)22-18-10-12-23(13-11-18)20(24)15-16(2)3/h6-9,16,18H,4-5,10-15H2,1-3H3,(H,22,25). The molecule has 1 heterocycles. The molecule has 1 N–H and O–H groups in total. The van der Waals surface area contributed by atoms with Crippen molar-refractivity contribution < 1.29 is 14.3 Å². The van der Waals surface area contributed by atoms with Gasteiger partial charge in [-0.05, 0) is 49.4 Å². The van der Waals surface area contributed by atoms with E-state index in [1.54, 1.807) is 12.1 Å². The van der Waals surface area contributed by atoms with Crippen LogP contribution < -0.4 is 10.1 Å². The van der Waals surface area contributed by atoms with Crippen LogP contribution in [0.5, 0.6) is 5.75 Å². The van der Waals surface area contributed by atoms with Crippen molar-refractivity contribution in [3.63, 3.8) is 0 Å². The first-order valence-electron chi connectivity index (χ1n) is 9.81. The molecular formula is C21H32N2O3. The monoisotopic (exact) mass is 360 g/mol. The molecule has 0 saturated carbocycles. The Balaban J connectivity index is 1.77. The van der Waals surface area contributed by atoms with Gasteiger partial charge in [0.25, 0.3) is 5.91 Å². The molecule has 144 valence electrons. The van der Waals surface area contributed by atoms with Crippen molar-refractivity contribution in [2.45, 2.75) is 58.9 Å². The molecule has 1 aliphatic rings. The third-order valence-corrected chi connectivity index (χ3v) is 4.65. The van der Waals surface area contributed by atoms with Gasteiger partial charge in [0.15, 0.2) is 0 Å². The Labute approximate surface area is 157 Å². The van der Waals surface area contributed by atoms with Crippen molar-refractivity contribution in [2.24, 2.45) is 5.92 Å². The van der Waals surface area contributed by atoms with Gasteiger partial charge in [0.1, 0.15) is 5.75 Å². The summed E-state index contributed by atoms with van der Waals surface area (Å²) < 4.78 is 5.62. The van der Waals surface area contributed by atoms with Gasteiger partial charge < -0.3 is 15.0 Å². The maximum atomic E-state index is 12.4. The third-order valence-electron chi connectivity index (χ3n) is 4.65. The Hall–Kier alpha value is -2.04. The van der Waals surface area contributed by atoms with E-state index < -0.39 is 0 Å². The molecule has 0 bridgehead atoms. The molecular weight excluding hydrogens is 328 g/mol. The SMILES string of the molecule is CCCCOc1ccc(C(=O)NC2CCN(C(=O)CC(C)C)CC2)cc1. The number of carbonyl (C=O) groups is 2. The number of benzene rings is 1. The summed E-state index contributed by atoms with van der Waals surface area (Å²) in [5.41, 5.74) is 0.645. The summed E-state index contributed by atoms with van der Waals surface area (Å²) in [7, 11) is 0. The first-order valence-corrected chi connectivity index (χ1v) is 9.81. The van der Waals surface area contributed by atoms with Crippen LogP contribution in [0.15, 0.2) is 24.3 Å². The molecule has 0 aliphatic carbocycles. The predicted octanol–water partition coefficient (Wildman–Crippen LogP) is 3.63. The minimum Gasteiger partial charge on any atom is -0.494 e. The van der Waals surface area contributed by atoms with Crippen molar-refractivity contribution in [3.05, 3.63) is 29.8 Å². The van der Waals surface area contributed by atoms with E-state index in [1.807, 2.05) is 17.0 Å². The van der Waals surface area contributed by atoms with E-state index in [-0.39, 0.29) is 17.9 Å². The maximum Gasteiger partial charge on any atom is 0.251 e. The average Bonchev–Trinajstić information content (AvgIpc) is 2.62. The normalized spacial score (nSPS) is 15.2. The van der Waals surface area contributed by atoms with Crippen LogP contribution in [-0.2, 0) is 4.79 Å². The number of unbranched alkanes of at least 4 members (excludes halogenated alkanes) is 1. The molecule has 1 aliphatic heterocycles. The average molecular weight is 360 g/mol. The van der Waals surface area contributed by atoms with E-state index >= 15 is 0 Å². The molecule has 0 unspecified atom stereocenters. The van der Waals surface area contributed by atoms with Crippen LogP contribution in [0.3, 0.4) is 0 Å². The van der Waals surface area contributed by atoms with Crippen LogP contribution in [0.25, 0.3) is 0 Å². The third kappa shape index (κ3) is 6.36. The van der Waals surface area contributed by atoms with E-state index in [0.717, 1.165) is 44.5 Å². The number of likely N-dealkylation sites (tertiary alicyclic amines) is 1. The van der Waals surface area contributed by atoms with Crippen molar-refractivity contribution >= 4 is 11.8 Å². The predicted molar refractivity (Wildman–Crippen MR) is 103 cm³/mol. The zero-order valence-electron chi connectivity index (χ0n) is 16.3.